The van der Waals surface area contributed by atoms with E-state index in [0.29, 0.717) is 86.4 Å². The number of fused-ring (bicyclic) bond motifs is 5. The molecule has 2 fully saturated rings. The first-order valence-corrected chi connectivity index (χ1v) is 19.8. The van der Waals surface area contributed by atoms with Gasteiger partial charge in [0.2, 0.25) is 5.91 Å². The number of benzene rings is 3. The molecule has 0 spiro atoms. The van der Waals surface area contributed by atoms with Crippen LogP contribution in [0, 0.1) is 0 Å². The zero-order valence-electron chi connectivity index (χ0n) is 31.8. The van der Waals surface area contributed by atoms with E-state index in [1.165, 1.54) is 0 Å². The molecule has 4 heterocycles. The minimum atomic E-state index is -0.818. The van der Waals surface area contributed by atoms with Gasteiger partial charge in [-0.15, -0.1) is 11.6 Å². The quantitative estimate of drug-likeness (QED) is 0.184. The Labute approximate surface area is 322 Å². The van der Waals surface area contributed by atoms with Crippen LogP contribution in [-0.2, 0) is 4.79 Å². The van der Waals surface area contributed by atoms with Crippen LogP contribution >= 0.6 is 11.6 Å². The van der Waals surface area contributed by atoms with Crippen LogP contribution in [0.2, 0.25) is 0 Å². The number of aliphatic hydroxyl groups is 1. The first-order chi connectivity index (χ1) is 26.1. The summed E-state index contributed by atoms with van der Waals surface area (Å²) in [4.78, 5) is 50.0. The molecule has 4 aliphatic rings. The van der Waals surface area contributed by atoms with Crippen molar-refractivity contribution in [2.75, 3.05) is 75.7 Å². The molecule has 4 aliphatic heterocycles. The molecule has 2 saturated heterocycles. The van der Waals surface area contributed by atoms with E-state index in [1.54, 1.807) is 27.9 Å². The average Bonchev–Trinajstić information content (AvgIpc) is 3.80. The molecule has 13 heteroatoms. The Morgan fingerprint density at radius 3 is 2.41 bits per heavy atom. The third-order valence-corrected chi connectivity index (χ3v) is 11.8. The van der Waals surface area contributed by atoms with Crippen LogP contribution in [0.3, 0.4) is 0 Å². The number of amides is 3. The second kappa shape index (κ2) is 16.2. The molecule has 3 atom stereocenters. The van der Waals surface area contributed by atoms with Crippen LogP contribution in [0.15, 0.2) is 42.5 Å². The zero-order valence-corrected chi connectivity index (χ0v) is 32.5. The Hall–Kier alpha value is -4.26. The van der Waals surface area contributed by atoms with Crippen molar-refractivity contribution < 1.29 is 33.7 Å². The Morgan fingerprint density at radius 1 is 0.944 bits per heavy atom. The topological polar surface area (TPSA) is 115 Å². The van der Waals surface area contributed by atoms with Gasteiger partial charge in [-0.25, -0.2) is 4.79 Å². The number of rotatable bonds is 11. The Bertz CT molecular complexity index is 1880. The van der Waals surface area contributed by atoms with Crippen molar-refractivity contribution in [3.05, 3.63) is 53.6 Å². The molecule has 0 radical (unpaired) electrons. The van der Waals surface area contributed by atoms with Crippen LogP contribution in [0.4, 0.5) is 16.2 Å². The number of ether oxygens (including phenoxy) is 3. The molecule has 0 aliphatic carbocycles. The molecule has 2 unspecified atom stereocenters. The Balaban J connectivity index is 0.999. The lowest BCUT2D eigenvalue weighted by atomic mass is 9.95. The monoisotopic (exact) mass is 761 g/mol. The summed E-state index contributed by atoms with van der Waals surface area (Å²) in [6.45, 7) is 8.29. The van der Waals surface area contributed by atoms with Gasteiger partial charge in [0, 0.05) is 81.0 Å². The summed E-state index contributed by atoms with van der Waals surface area (Å²) in [6, 6.07) is 12.9. The number of hydrogen-bond acceptors (Lipinski definition) is 9. The van der Waals surface area contributed by atoms with Crippen LogP contribution < -0.4 is 24.0 Å². The summed E-state index contributed by atoms with van der Waals surface area (Å²) in [6.07, 6.45) is 2.90. The van der Waals surface area contributed by atoms with Gasteiger partial charge >= 0.3 is 6.09 Å². The molecule has 3 amide bonds. The number of anilines is 2. The number of unbranched alkanes of at least 4 members (excludes halogenated alkanes) is 2. The summed E-state index contributed by atoms with van der Waals surface area (Å²) in [5.74, 6) is 1.66. The normalized spacial score (nSPS) is 21.3. The first-order valence-electron chi connectivity index (χ1n) is 19.3. The van der Waals surface area contributed by atoms with Gasteiger partial charge < -0.3 is 43.8 Å². The van der Waals surface area contributed by atoms with Crippen molar-refractivity contribution in [1.82, 2.24) is 14.7 Å². The molecular weight excluding hydrogens is 710 g/mol. The third kappa shape index (κ3) is 7.27. The second-order valence-electron chi connectivity index (χ2n) is 15.2. The molecule has 3 aromatic rings. The standard InChI is InChI=1S/C41H52ClN5O7/c1-26(2)47-32-22-36(35(52-4)21-30(32)39(49)45-15-10-13-31(45)40(47)50)53-20-9-5-6-14-37(48)46-25-27(24-42)38-29-12-8-7-11-28(29)34(23-33(38)46)54-41(51)44-18-16-43(3)17-19-44/h7-8,11-12,21-23,26-27,31,40,50H,5-6,9-10,13-20,24-25H2,1-4H3/t27?,31-,40?/m0/s1. The van der Waals surface area contributed by atoms with E-state index in [0.717, 1.165) is 54.4 Å². The lowest BCUT2D eigenvalue weighted by molar-refractivity contribution is -0.118. The number of hydrogen-bond donors (Lipinski definition) is 1. The van der Waals surface area contributed by atoms with Crippen molar-refractivity contribution in [2.24, 2.45) is 0 Å². The fourth-order valence-electron chi connectivity index (χ4n) is 8.51. The number of nitrogens with zero attached hydrogens (tertiary/aromatic N) is 5. The molecule has 0 bridgehead atoms. The number of carbonyl (C=O) groups is 3. The van der Waals surface area contributed by atoms with E-state index in [9.17, 15) is 19.5 Å². The second-order valence-corrected chi connectivity index (χ2v) is 15.5. The van der Waals surface area contributed by atoms with Crippen molar-refractivity contribution in [3.63, 3.8) is 0 Å². The van der Waals surface area contributed by atoms with Crippen molar-refractivity contribution in [1.29, 1.82) is 0 Å². The highest BCUT2D eigenvalue weighted by Gasteiger charge is 2.43. The number of methoxy groups -OCH3 is 1. The highest BCUT2D eigenvalue weighted by molar-refractivity contribution is 6.19. The number of piperazine rings is 1. The minimum absolute atomic E-state index is 0.00124. The fraction of sp³-hybridized carbons (Fsp3) is 0.537. The summed E-state index contributed by atoms with van der Waals surface area (Å²) in [5, 5.41) is 13.2. The molecule has 1 N–H and O–H groups in total. The van der Waals surface area contributed by atoms with Gasteiger partial charge in [-0.2, -0.15) is 0 Å². The van der Waals surface area contributed by atoms with Crippen LogP contribution in [0.1, 0.15) is 74.2 Å². The minimum Gasteiger partial charge on any atom is -0.493 e. The zero-order chi connectivity index (χ0) is 38.1. The fourth-order valence-corrected chi connectivity index (χ4v) is 8.76. The number of alkyl halides is 1. The Morgan fingerprint density at radius 2 is 1.69 bits per heavy atom. The summed E-state index contributed by atoms with van der Waals surface area (Å²) in [5.41, 5.74) is 2.92. The number of carbonyl (C=O) groups excluding carboxylic acids is 3. The molecule has 54 heavy (non-hydrogen) atoms. The first kappa shape index (κ1) is 38.0. The summed E-state index contributed by atoms with van der Waals surface area (Å²) < 4.78 is 17.9. The molecular formula is C41H52ClN5O7. The van der Waals surface area contributed by atoms with Gasteiger partial charge in [-0.1, -0.05) is 24.3 Å². The van der Waals surface area contributed by atoms with Gasteiger partial charge in [-0.3, -0.25) is 9.59 Å². The van der Waals surface area contributed by atoms with Gasteiger partial charge in [0.05, 0.1) is 36.7 Å². The largest absolute Gasteiger partial charge is 0.493 e. The van der Waals surface area contributed by atoms with Crippen molar-refractivity contribution >= 4 is 51.7 Å². The molecule has 290 valence electrons. The van der Waals surface area contributed by atoms with E-state index in [1.807, 2.05) is 62.2 Å². The molecule has 0 aromatic heterocycles. The molecule has 12 nitrogen and oxygen atoms in total. The predicted molar refractivity (Wildman–Crippen MR) is 209 cm³/mol. The summed E-state index contributed by atoms with van der Waals surface area (Å²) >= 11 is 6.49. The van der Waals surface area contributed by atoms with E-state index in [4.69, 9.17) is 25.8 Å². The lowest BCUT2D eigenvalue weighted by Gasteiger charge is -2.36. The average molecular weight is 762 g/mol. The summed E-state index contributed by atoms with van der Waals surface area (Å²) in [7, 11) is 3.60. The maximum atomic E-state index is 13.8. The SMILES string of the molecule is COc1cc2c(cc1OCCCCCC(=O)N1CC(CCl)c3c1cc(OC(=O)N1CCN(C)CC1)c1ccccc31)N(C(C)C)C(O)[C@@H]1CCCN1C2=O. The highest BCUT2D eigenvalue weighted by Crippen LogP contribution is 2.46. The predicted octanol–water partition coefficient (Wildman–Crippen LogP) is 6.05. The van der Waals surface area contributed by atoms with Gasteiger partial charge in [0.15, 0.2) is 11.5 Å². The molecule has 3 aromatic carbocycles. The number of aliphatic hydroxyl groups excluding tert-OH is 1. The smallest absolute Gasteiger partial charge is 0.415 e. The van der Waals surface area contributed by atoms with E-state index >= 15 is 0 Å². The number of likely N-dealkylation sites (N-methyl/N-ethyl adjacent to an activating group) is 1. The molecule has 0 saturated carbocycles. The van der Waals surface area contributed by atoms with Crippen molar-refractivity contribution in [2.45, 2.75) is 76.6 Å². The lowest BCUT2D eigenvalue weighted by Crippen LogP contribution is -2.50. The van der Waals surface area contributed by atoms with E-state index < -0.39 is 6.23 Å². The molecule has 7 rings (SSSR count). The van der Waals surface area contributed by atoms with Crippen LogP contribution in [-0.4, -0.2) is 122 Å². The third-order valence-electron chi connectivity index (χ3n) is 11.4. The van der Waals surface area contributed by atoms with Gasteiger partial charge in [0.1, 0.15) is 12.0 Å². The van der Waals surface area contributed by atoms with Gasteiger partial charge in [-0.05, 0) is 70.0 Å². The van der Waals surface area contributed by atoms with Gasteiger partial charge in [0.25, 0.3) is 5.91 Å². The van der Waals surface area contributed by atoms with Crippen molar-refractivity contribution in [3.8, 4) is 17.2 Å². The van der Waals surface area contributed by atoms with E-state index in [2.05, 4.69) is 4.90 Å². The van der Waals surface area contributed by atoms with E-state index in [-0.39, 0.29) is 35.9 Å². The maximum Gasteiger partial charge on any atom is 0.415 e. The van der Waals surface area contributed by atoms with Crippen LogP contribution in [0.25, 0.3) is 10.8 Å². The maximum absolute atomic E-state index is 13.8. The number of halogens is 1. The van der Waals surface area contributed by atoms with Crippen LogP contribution in [0.5, 0.6) is 17.2 Å². The highest BCUT2D eigenvalue weighted by atomic mass is 35.5. The Kier molecular flexibility index (Phi) is 11.4.